The number of fused-ring (bicyclic) bond motifs is 1. The Morgan fingerprint density at radius 1 is 1.10 bits per heavy atom. The van der Waals surface area contributed by atoms with Crippen molar-refractivity contribution in [2.75, 3.05) is 20.2 Å². The number of aromatic amines is 1. The summed E-state index contributed by atoms with van der Waals surface area (Å²) in [5.41, 5.74) is 2.45. The van der Waals surface area contributed by atoms with Gasteiger partial charge in [-0.1, -0.05) is 49.4 Å². The lowest BCUT2D eigenvalue weighted by atomic mass is 9.97. The number of nitrogens with zero attached hydrogens (tertiary/aromatic N) is 4. The van der Waals surface area contributed by atoms with Crippen LogP contribution in [0.2, 0.25) is 0 Å². The van der Waals surface area contributed by atoms with Crippen LogP contribution < -0.4 is 10.3 Å². The summed E-state index contributed by atoms with van der Waals surface area (Å²) in [7, 11) is 1.62. The Labute approximate surface area is 180 Å². The van der Waals surface area contributed by atoms with Crippen LogP contribution in [0.5, 0.6) is 5.75 Å². The predicted molar refractivity (Wildman–Crippen MR) is 120 cm³/mol. The highest BCUT2D eigenvalue weighted by Gasteiger charge is 2.33. The van der Waals surface area contributed by atoms with E-state index >= 15 is 0 Å². The molecule has 1 aliphatic heterocycles. The van der Waals surface area contributed by atoms with Crippen LogP contribution in [0.25, 0.3) is 16.7 Å². The van der Waals surface area contributed by atoms with Crippen LogP contribution in [0.4, 0.5) is 0 Å². The fourth-order valence-electron chi connectivity index (χ4n) is 4.49. The van der Waals surface area contributed by atoms with Crippen LogP contribution in [-0.2, 0) is 6.54 Å². The third-order valence-electron chi connectivity index (χ3n) is 6.06. The lowest BCUT2D eigenvalue weighted by Gasteiger charge is -2.16. The molecule has 1 saturated heterocycles. The second-order valence-corrected chi connectivity index (χ2v) is 8.18. The summed E-state index contributed by atoms with van der Waals surface area (Å²) in [6, 6.07) is 18.1. The largest absolute Gasteiger partial charge is 0.494 e. The second-order valence-electron chi connectivity index (χ2n) is 8.18. The fourth-order valence-corrected chi connectivity index (χ4v) is 4.49. The van der Waals surface area contributed by atoms with E-state index in [2.05, 4.69) is 46.2 Å². The number of ether oxygens (including phenoxy) is 1. The third kappa shape index (κ3) is 3.61. The van der Waals surface area contributed by atoms with Crippen LogP contribution in [0.3, 0.4) is 0 Å². The summed E-state index contributed by atoms with van der Waals surface area (Å²) in [5, 5.41) is 4.91. The minimum absolute atomic E-state index is 0.154. The Morgan fingerprint density at radius 2 is 1.87 bits per heavy atom. The molecule has 1 fully saturated rings. The van der Waals surface area contributed by atoms with Gasteiger partial charge in [0.25, 0.3) is 5.56 Å². The van der Waals surface area contributed by atoms with Crippen molar-refractivity contribution in [2.24, 2.45) is 5.92 Å². The highest BCUT2D eigenvalue weighted by atomic mass is 16.5. The van der Waals surface area contributed by atoms with Crippen LogP contribution >= 0.6 is 0 Å². The normalized spacial score (nSPS) is 19.2. The minimum Gasteiger partial charge on any atom is -0.494 e. The van der Waals surface area contributed by atoms with E-state index in [4.69, 9.17) is 9.72 Å². The van der Waals surface area contributed by atoms with E-state index in [-0.39, 0.29) is 11.5 Å². The first-order valence-electron chi connectivity index (χ1n) is 10.5. The molecule has 2 unspecified atom stereocenters. The summed E-state index contributed by atoms with van der Waals surface area (Å²) in [4.78, 5) is 23.2. The molecule has 2 aromatic carbocycles. The molecule has 2 aromatic heterocycles. The molecule has 0 aliphatic carbocycles. The Balaban J connectivity index is 1.50. The van der Waals surface area contributed by atoms with Gasteiger partial charge in [-0.25, -0.2) is 9.67 Å². The van der Waals surface area contributed by atoms with Crippen LogP contribution in [0, 0.1) is 5.92 Å². The van der Waals surface area contributed by atoms with Gasteiger partial charge in [0.15, 0.2) is 5.65 Å². The first kappa shape index (κ1) is 19.5. The monoisotopic (exact) mass is 415 g/mol. The number of benzene rings is 2. The van der Waals surface area contributed by atoms with E-state index in [9.17, 15) is 4.79 Å². The maximum Gasteiger partial charge on any atom is 0.262 e. The minimum atomic E-state index is -0.158. The summed E-state index contributed by atoms with van der Waals surface area (Å²) in [6.45, 7) is 4.94. The van der Waals surface area contributed by atoms with E-state index in [1.54, 1.807) is 18.0 Å². The maximum atomic E-state index is 12.8. The summed E-state index contributed by atoms with van der Waals surface area (Å²) < 4.78 is 7.17. The van der Waals surface area contributed by atoms with Crippen molar-refractivity contribution in [3.8, 4) is 11.4 Å². The molecule has 0 bridgehead atoms. The average molecular weight is 415 g/mol. The number of nitrogens with one attached hydrogen (secondary N) is 1. The lowest BCUT2D eigenvalue weighted by molar-refractivity contribution is 0.318. The quantitative estimate of drug-likeness (QED) is 0.541. The number of H-pyrrole nitrogens is 1. The highest BCUT2D eigenvalue weighted by molar-refractivity contribution is 5.76. The average Bonchev–Trinajstić information content (AvgIpc) is 3.38. The van der Waals surface area contributed by atoms with Gasteiger partial charge in [-0.05, 0) is 23.6 Å². The Morgan fingerprint density at radius 3 is 2.68 bits per heavy atom. The standard InChI is InChI=1S/C24H25N5O2/c1-16-13-28(14-17-8-4-3-5-9-17)15-19(16)22-26-23-18(24(30)27-22)12-25-29(23)20-10-6-7-11-21(20)31-2/h3-12,16,19H,13-15H2,1-2H3,(H,26,27,30). The number of likely N-dealkylation sites (tertiary alicyclic amines) is 1. The van der Waals surface area contributed by atoms with Crippen molar-refractivity contribution >= 4 is 11.0 Å². The van der Waals surface area contributed by atoms with Gasteiger partial charge in [0.05, 0.1) is 13.3 Å². The molecule has 3 heterocycles. The van der Waals surface area contributed by atoms with E-state index < -0.39 is 0 Å². The number of aromatic nitrogens is 4. The number of methoxy groups -OCH3 is 1. The molecule has 4 aromatic rings. The second kappa shape index (κ2) is 8.00. The van der Waals surface area contributed by atoms with E-state index in [1.807, 2.05) is 30.3 Å². The number of para-hydroxylation sites is 2. The van der Waals surface area contributed by atoms with Crippen molar-refractivity contribution in [3.05, 3.63) is 82.5 Å². The Kier molecular flexibility index (Phi) is 5.03. The molecule has 0 saturated carbocycles. The van der Waals surface area contributed by atoms with Gasteiger partial charge in [-0.2, -0.15) is 5.10 Å². The third-order valence-corrected chi connectivity index (χ3v) is 6.06. The molecule has 0 spiro atoms. The summed E-state index contributed by atoms with van der Waals surface area (Å²) in [5.74, 6) is 1.94. The molecule has 31 heavy (non-hydrogen) atoms. The van der Waals surface area contributed by atoms with E-state index in [1.165, 1.54) is 5.56 Å². The molecule has 7 heteroatoms. The molecular weight excluding hydrogens is 390 g/mol. The Hall–Kier alpha value is -3.45. The fraction of sp³-hybridized carbons (Fsp3) is 0.292. The number of hydrogen-bond acceptors (Lipinski definition) is 5. The van der Waals surface area contributed by atoms with Crippen molar-refractivity contribution < 1.29 is 4.74 Å². The SMILES string of the molecule is COc1ccccc1-n1ncc2c(=O)[nH]c(C3CN(Cc4ccccc4)CC3C)nc21. The zero-order valence-corrected chi connectivity index (χ0v) is 17.7. The zero-order chi connectivity index (χ0) is 21.4. The lowest BCUT2D eigenvalue weighted by Crippen LogP contribution is -2.21. The molecule has 1 aliphatic rings. The topological polar surface area (TPSA) is 76.0 Å². The highest BCUT2D eigenvalue weighted by Crippen LogP contribution is 2.32. The van der Waals surface area contributed by atoms with Crippen molar-refractivity contribution in [3.63, 3.8) is 0 Å². The van der Waals surface area contributed by atoms with Gasteiger partial charge < -0.3 is 9.72 Å². The van der Waals surface area contributed by atoms with Crippen molar-refractivity contribution in [1.29, 1.82) is 0 Å². The van der Waals surface area contributed by atoms with Gasteiger partial charge in [0.1, 0.15) is 22.6 Å². The zero-order valence-electron chi connectivity index (χ0n) is 17.7. The molecule has 0 radical (unpaired) electrons. The molecule has 2 atom stereocenters. The molecule has 158 valence electrons. The van der Waals surface area contributed by atoms with Gasteiger partial charge in [-0.15, -0.1) is 0 Å². The predicted octanol–water partition coefficient (Wildman–Crippen LogP) is 3.35. The van der Waals surface area contributed by atoms with Gasteiger partial charge in [-0.3, -0.25) is 9.69 Å². The first-order valence-corrected chi connectivity index (χ1v) is 10.5. The van der Waals surface area contributed by atoms with Crippen molar-refractivity contribution in [1.82, 2.24) is 24.6 Å². The van der Waals surface area contributed by atoms with Crippen molar-refractivity contribution in [2.45, 2.75) is 19.4 Å². The van der Waals surface area contributed by atoms with E-state index in [0.717, 1.165) is 31.1 Å². The molecule has 0 amide bonds. The first-order chi connectivity index (χ1) is 15.1. The van der Waals surface area contributed by atoms with Gasteiger partial charge in [0.2, 0.25) is 0 Å². The van der Waals surface area contributed by atoms with Gasteiger partial charge >= 0.3 is 0 Å². The number of hydrogen-bond donors (Lipinski definition) is 1. The summed E-state index contributed by atoms with van der Waals surface area (Å²) >= 11 is 0. The molecule has 5 rings (SSSR count). The Bertz CT molecular complexity index is 1260. The maximum absolute atomic E-state index is 12.8. The van der Waals surface area contributed by atoms with Gasteiger partial charge in [0, 0.05) is 25.6 Å². The van der Waals surface area contributed by atoms with Crippen LogP contribution in [-0.4, -0.2) is 44.8 Å². The van der Waals surface area contributed by atoms with Crippen LogP contribution in [0.1, 0.15) is 24.2 Å². The smallest absolute Gasteiger partial charge is 0.262 e. The summed E-state index contributed by atoms with van der Waals surface area (Å²) in [6.07, 6.45) is 1.57. The molecular formula is C24H25N5O2. The van der Waals surface area contributed by atoms with Crippen LogP contribution in [0.15, 0.2) is 65.6 Å². The molecule has 1 N–H and O–H groups in total. The van der Waals surface area contributed by atoms with E-state index in [0.29, 0.717) is 22.7 Å². The number of rotatable bonds is 5. The molecule has 7 nitrogen and oxygen atoms in total.